The van der Waals surface area contributed by atoms with Crippen LogP contribution in [0.2, 0.25) is 0 Å². The monoisotopic (exact) mass is 564 g/mol. The SMILES string of the molecule is [C-]#[N+]c1ccc(C#N)c(-n2c3ccccc3c3c4sc5c(ccc6c5c5ccccc5n6-c5ccccc5)c4ccc32)c1. The second kappa shape index (κ2) is 8.81. The Hall–Kier alpha value is -5.88. The Kier molecular flexibility index (Phi) is 4.87. The molecule has 3 aromatic heterocycles. The predicted molar refractivity (Wildman–Crippen MR) is 179 cm³/mol. The number of aromatic nitrogens is 2. The number of nitriles is 1. The molecule has 0 spiro atoms. The highest BCUT2D eigenvalue weighted by molar-refractivity contribution is 7.27. The first-order chi connectivity index (χ1) is 21.3. The summed E-state index contributed by atoms with van der Waals surface area (Å²) >= 11 is 1.84. The first-order valence-corrected chi connectivity index (χ1v) is 14.9. The highest BCUT2D eigenvalue weighted by Gasteiger charge is 2.21. The molecule has 0 bridgehead atoms. The summed E-state index contributed by atoms with van der Waals surface area (Å²) in [5.74, 6) is 0. The van der Waals surface area contributed by atoms with Gasteiger partial charge in [0.05, 0.1) is 39.9 Å². The van der Waals surface area contributed by atoms with Crippen LogP contribution in [0.1, 0.15) is 5.56 Å². The Morgan fingerprint density at radius 3 is 1.79 bits per heavy atom. The van der Waals surface area contributed by atoms with E-state index in [0.29, 0.717) is 11.3 Å². The van der Waals surface area contributed by atoms with Gasteiger partial charge in [-0.15, -0.1) is 11.3 Å². The quantitative estimate of drug-likeness (QED) is 0.192. The van der Waals surface area contributed by atoms with Gasteiger partial charge in [-0.2, -0.15) is 5.26 Å². The summed E-state index contributed by atoms with van der Waals surface area (Å²) < 4.78 is 7.02. The Bertz CT molecular complexity index is 2690. The van der Waals surface area contributed by atoms with Crippen molar-refractivity contribution in [3.63, 3.8) is 0 Å². The first-order valence-electron chi connectivity index (χ1n) is 14.0. The standard InChI is InChI=1S/C38H20N4S/c1-40-24-16-15-23(22-39)34(21-24)42-31-14-8-6-12-29(31)36-33(42)20-18-27-26-17-19-32-35(37(26)43-38(27)36)28-11-5-7-13-30(28)41(32)25-9-3-2-4-10-25/h2-21H. The van der Waals surface area contributed by atoms with Crippen molar-refractivity contribution in [2.75, 3.05) is 0 Å². The van der Waals surface area contributed by atoms with Crippen molar-refractivity contribution < 1.29 is 0 Å². The van der Waals surface area contributed by atoms with Crippen molar-refractivity contribution in [3.8, 4) is 17.4 Å². The third-order valence-corrected chi connectivity index (χ3v) is 9.82. The van der Waals surface area contributed by atoms with Gasteiger partial charge in [0.25, 0.3) is 0 Å². The van der Waals surface area contributed by atoms with Crippen molar-refractivity contribution >= 4 is 80.8 Å². The van der Waals surface area contributed by atoms with Crippen molar-refractivity contribution in [2.45, 2.75) is 0 Å². The molecule has 9 rings (SSSR count). The smallest absolute Gasteiger partial charge is 0.189 e. The van der Waals surface area contributed by atoms with Gasteiger partial charge in [0.1, 0.15) is 6.07 Å². The van der Waals surface area contributed by atoms with E-state index in [-0.39, 0.29) is 0 Å². The van der Waals surface area contributed by atoms with Crippen molar-refractivity contribution in [1.29, 1.82) is 5.26 Å². The van der Waals surface area contributed by atoms with Crippen LogP contribution in [0.5, 0.6) is 0 Å². The van der Waals surface area contributed by atoms with Crippen LogP contribution in [-0.2, 0) is 0 Å². The van der Waals surface area contributed by atoms with Crippen LogP contribution in [0, 0.1) is 17.9 Å². The zero-order chi connectivity index (χ0) is 28.7. The minimum Gasteiger partial charge on any atom is -0.309 e. The number of fused-ring (bicyclic) bond motifs is 11. The molecule has 6 aromatic carbocycles. The zero-order valence-corrected chi connectivity index (χ0v) is 23.6. The van der Waals surface area contributed by atoms with Gasteiger partial charge in [-0.1, -0.05) is 78.9 Å². The third kappa shape index (κ3) is 3.17. The summed E-state index contributed by atoms with van der Waals surface area (Å²) in [6, 6.07) is 44.2. The maximum absolute atomic E-state index is 10.0. The molecule has 0 aliphatic rings. The Morgan fingerprint density at radius 1 is 0.581 bits per heavy atom. The molecule has 4 nitrogen and oxygen atoms in total. The van der Waals surface area contributed by atoms with Crippen LogP contribution in [0.15, 0.2) is 121 Å². The van der Waals surface area contributed by atoms with Gasteiger partial charge in [-0.3, -0.25) is 0 Å². The normalized spacial score (nSPS) is 11.7. The van der Waals surface area contributed by atoms with Crippen LogP contribution in [0.25, 0.3) is 80.0 Å². The lowest BCUT2D eigenvalue weighted by molar-refractivity contribution is 1.17. The molecule has 0 saturated heterocycles. The van der Waals surface area contributed by atoms with Gasteiger partial charge in [-0.05, 0) is 42.5 Å². The van der Waals surface area contributed by atoms with E-state index in [0.717, 1.165) is 27.8 Å². The number of para-hydroxylation sites is 3. The van der Waals surface area contributed by atoms with Gasteiger partial charge in [0.15, 0.2) is 5.69 Å². The highest BCUT2D eigenvalue weighted by Crippen LogP contribution is 2.47. The summed E-state index contributed by atoms with van der Waals surface area (Å²) in [5, 5.41) is 17.3. The fourth-order valence-electron chi connectivity index (χ4n) is 6.78. The average molecular weight is 565 g/mol. The highest BCUT2D eigenvalue weighted by atomic mass is 32.1. The maximum atomic E-state index is 10.0. The van der Waals surface area contributed by atoms with E-state index in [2.05, 4.69) is 117 Å². The van der Waals surface area contributed by atoms with Crippen LogP contribution >= 0.6 is 11.3 Å². The van der Waals surface area contributed by atoms with Crippen LogP contribution in [0.4, 0.5) is 5.69 Å². The van der Waals surface area contributed by atoms with E-state index >= 15 is 0 Å². The Morgan fingerprint density at radius 2 is 1.16 bits per heavy atom. The first kappa shape index (κ1) is 23.8. The molecule has 0 aliphatic heterocycles. The zero-order valence-electron chi connectivity index (χ0n) is 22.7. The molecule has 9 aromatic rings. The van der Waals surface area contributed by atoms with Gasteiger partial charge < -0.3 is 9.13 Å². The second-order valence-electron chi connectivity index (χ2n) is 10.7. The van der Waals surface area contributed by atoms with E-state index in [1.54, 1.807) is 12.1 Å². The Labute approximate surface area is 250 Å². The number of hydrogen-bond acceptors (Lipinski definition) is 2. The van der Waals surface area contributed by atoms with Gasteiger partial charge >= 0.3 is 0 Å². The lowest BCUT2D eigenvalue weighted by Gasteiger charge is -2.10. The molecule has 0 unspecified atom stereocenters. The number of hydrogen-bond donors (Lipinski definition) is 0. The molecule has 0 aliphatic carbocycles. The molecular formula is C38H20N4S. The number of nitrogens with zero attached hydrogens (tertiary/aromatic N) is 4. The molecule has 0 fully saturated rings. The summed E-state index contributed by atoms with van der Waals surface area (Å²) in [4.78, 5) is 3.66. The van der Waals surface area contributed by atoms with Crippen LogP contribution < -0.4 is 0 Å². The van der Waals surface area contributed by atoms with Crippen molar-refractivity contribution in [2.24, 2.45) is 0 Å². The van der Waals surface area contributed by atoms with Crippen LogP contribution in [-0.4, -0.2) is 9.13 Å². The predicted octanol–water partition coefficient (Wildman–Crippen LogP) is 10.7. The fourth-order valence-corrected chi connectivity index (χ4v) is 8.19. The topological polar surface area (TPSA) is 38.0 Å². The molecular weight excluding hydrogens is 545 g/mol. The van der Waals surface area contributed by atoms with Gasteiger partial charge in [-0.25, -0.2) is 4.85 Å². The third-order valence-electron chi connectivity index (χ3n) is 8.56. The molecule has 3 heterocycles. The summed E-state index contributed by atoms with van der Waals surface area (Å²) in [5.41, 5.74) is 7.38. The largest absolute Gasteiger partial charge is 0.309 e. The van der Waals surface area contributed by atoms with E-state index < -0.39 is 0 Å². The molecule has 198 valence electrons. The molecule has 0 N–H and O–H groups in total. The molecule has 0 amide bonds. The van der Waals surface area contributed by atoms with Gasteiger partial charge in [0.2, 0.25) is 0 Å². The van der Waals surface area contributed by atoms with Crippen molar-refractivity contribution in [3.05, 3.63) is 138 Å². The number of thiophene rings is 1. The number of rotatable bonds is 2. The van der Waals surface area contributed by atoms with E-state index in [9.17, 15) is 5.26 Å². The minimum absolute atomic E-state index is 0.514. The Balaban J connectivity index is 1.45. The summed E-state index contributed by atoms with van der Waals surface area (Å²) in [7, 11) is 0. The molecule has 43 heavy (non-hydrogen) atoms. The van der Waals surface area contributed by atoms with Gasteiger partial charge in [0, 0.05) is 47.4 Å². The van der Waals surface area contributed by atoms with E-state index in [4.69, 9.17) is 6.57 Å². The van der Waals surface area contributed by atoms with Crippen molar-refractivity contribution in [1.82, 2.24) is 9.13 Å². The van der Waals surface area contributed by atoms with Crippen LogP contribution in [0.3, 0.4) is 0 Å². The summed E-state index contributed by atoms with van der Waals surface area (Å²) in [6.45, 7) is 7.60. The molecule has 0 atom stereocenters. The summed E-state index contributed by atoms with van der Waals surface area (Å²) in [6.07, 6.45) is 0. The minimum atomic E-state index is 0.514. The second-order valence-corrected chi connectivity index (χ2v) is 11.8. The molecule has 0 radical (unpaired) electrons. The lowest BCUT2D eigenvalue weighted by atomic mass is 10.1. The van der Waals surface area contributed by atoms with E-state index in [1.165, 1.54) is 47.4 Å². The van der Waals surface area contributed by atoms with E-state index in [1.807, 2.05) is 23.5 Å². The molecule has 5 heteroatoms. The average Bonchev–Trinajstić information content (AvgIpc) is 3.72. The number of benzene rings is 6. The fraction of sp³-hybridized carbons (Fsp3) is 0. The lowest BCUT2D eigenvalue weighted by Crippen LogP contribution is -1.97. The maximum Gasteiger partial charge on any atom is 0.189 e. The molecule has 0 saturated carbocycles.